The molecule has 0 bridgehead atoms. The van der Waals surface area contributed by atoms with Crippen LogP contribution in [0.15, 0.2) is 54.6 Å². The van der Waals surface area contributed by atoms with Crippen molar-refractivity contribution in [1.29, 1.82) is 0 Å². The molecule has 0 saturated heterocycles. The Labute approximate surface area is 188 Å². The van der Waals surface area contributed by atoms with Crippen LogP contribution in [0.5, 0.6) is 0 Å². The quantitative estimate of drug-likeness (QED) is 0.149. The summed E-state index contributed by atoms with van der Waals surface area (Å²) in [5.41, 5.74) is 3.49. The van der Waals surface area contributed by atoms with Crippen LogP contribution in [0.2, 0.25) is 13.3 Å². The molecule has 0 aromatic heterocycles. The zero-order valence-corrected chi connectivity index (χ0v) is 22.4. The molecule has 2 aromatic rings. The summed E-state index contributed by atoms with van der Waals surface area (Å²) in [5.74, 6) is 0.146. The van der Waals surface area contributed by atoms with Crippen LogP contribution in [0.25, 0.3) is 9.67 Å². The Morgan fingerprint density at radius 2 is 1.20 bits per heavy atom. The van der Waals surface area contributed by atoms with E-state index < -0.39 is 18.4 Å². The van der Waals surface area contributed by atoms with Crippen molar-refractivity contribution >= 4 is 33.8 Å². The molecule has 0 spiro atoms. The van der Waals surface area contributed by atoms with Gasteiger partial charge in [-0.15, -0.1) is 0 Å². The molecule has 1 nitrogen and oxygen atoms in total. The average Bonchev–Trinajstić information content (AvgIpc) is 2.78. The molecule has 0 aliphatic carbocycles. The predicted octanol–water partition coefficient (Wildman–Crippen LogP) is 8.82. The van der Waals surface area contributed by atoms with Gasteiger partial charge in [0.1, 0.15) is 0 Å². The van der Waals surface area contributed by atoms with Crippen LogP contribution in [0.3, 0.4) is 0 Å². The summed E-state index contributed by atoms with van der Waals surface area (Å²) in [6, 6.07) is 19.4. The van der Waals surface area contributed by atoms with Crippen molar-refractivity contribution in [2.45, 2.75) is 79.5 Å². The minimum absolute atomic E-state index is 0.146. The fourth-order valence-corrected chi connectivity index (χ4v) is 21.3. The Kier molecular flexibility index (Phi) is 10.9. The molecule has 2 aromatic carbocycles. The van der Waals surface area contributed by atoms with Crippen molar-refractivity contribution < 1.29 is 4.79 Å². The molecule has 0 heterocycles. The number of rotatable bonds is 13. The summed E-state index contributed by atoms with van der Waals surface area (Å²) in [6.45, 7) is 8.65. The van der Waals surface area contributed by atoms with Crippen LogP contribution in [0.4, 0.5) is 0 Å². The molecule has 30 heavy (non-hydrogen) atoms. The number of ketones is 1. The van der Waals surface area contributed by atoms with Crippen molar-refractivity contribution in [3.63, 3.8) is 0 Å². The minimum atomic E-state index is -2.64. The molecular weight excluding hydrogens is 471 g/mol. The second kappa shape index (κ2) is 13.1. The molecule has 0 aliphatic rings. The van der Waals surface area contributed by atoms with Crippen molar-refractivity contribution in [2.75, 3.05) is 0 Å². The van der Waals surface area contributed by atoms with E-state index in [1.807, 2.05) is 12.1 Å². The Morgan fingerprint density at radius 3 is 1.63 bits per heavy atom. The normalized spacial score (nSPS) is 12.2. The molecule has 0 amide bonds. The van der Waals surface area contributed by atoms with Gasteiger partial charge < -0.3 is 0 Å². The number of hydrogen-bond donors (Lipinski definition) is 0. The van der Waals surface area contributed by atoms with Gasteiger partial charge in [-0.1, -0.05) is 0 Å². The maximum atomic E-state index is 11.8. The van der Waals surface area contributed by atoms with E-state index >= 15 is 0 Å². The van der Waals surface area contributed by atoms with Gasteiger partial charge in [0.05, 0.1) is 0 Å². The Bertz CT molecular complexity index is 767. The second-order valence-electron chi connectivity index (χ2n) is 8.69. The maximum absolute atomic E-state index is 11.8. The first-order valence-corrected chi connectivity index (χ1v) is 19.4. The van der Waals surface area contributed by atoms with Gasteiger partial charge in [0, 0.05) is 0 Å². The first kappa shape index (κ1) is 24.9. The Morgan fingerprint density at radius 1 is 0.733 bits per heavy atom. The number of hydrogen-bond acceptors (Lipinski definition) is 1. The van der Waals surface area contributed by atoms with E-state index in [1.54, 1.807) is 10.5 Å². The van der Waals surface area contributed by atoms with Crippen molar-refractivity contribution in [3.05, 3.63) is 71.3 Å². The van der Waals surface area contributed by atoms with E-state index in [9.17, 15) is 4.79 Å². The van der Waals surface area contributed by atoms with Gasteiger partial charge in [-0.05, 0) is 0 Å². The first-order valence-electron chi connectivity index (χ1n) is 11.9. The van der Waals surface area contributed by atoms with Crippen molar-refractivity contribution in [3.8, 4) is 0 Å². The third kappa shape index (κ3) is 7.11. The van der Waals surface area contributed by atoms with E-state index in [4.69, 9.17) is 0 Å². The third-order valence-corrected chi connectivity index (χ3v) is 22.0. The third-order valence-electron chi connectivity index (χ3n) is 6.31. The Hall–Kier alpha value is -1.35. The van der Waals surface area contributed by atoms with Crippen LogP contribution in [0, 0.1) is 0 Å². The van der Waals surface area contributed by atoms with E-state index in [2.05, 4.69) is 69.3 Å². The van der Waals surface area contributed by atoms with Gasteiger partial charge >= 0.3 is 189 Å². The number of benzene rings is 2. The summed E-state index contributed by atoms with van der Waals surface area (Å²) in [4.78, 5) is 11.8. The second-order valence-corrected chi connectivity index (χ2v) is 21.8. The zero-order valence-electron chi connectivity index (χ0n) is 19.5. The van der Waals surface area contributed by atoms with E-state index in [0.717, 1.165) is 5.56 Å². The number of unbranched alkanes of at least 4 members (excludes halogenated alkanes) is 3. The van der Waals surface area contributed by atoms with Crippen LogP contribution in [-0.2, 0) is 0 Å². The predicted molar refractivity (Wildman–Crippen MR) is 136 cm³/mol. The molecule has 0 fully saturated rings. The molecule has 0 unspecified atom stereocenters. The first-order chi connectivity index (χ1) is 14.6. The van der Waals surface area contributed by atoms with Crippen LogP contribution < -0.4 is 0 Å². The van der Waals surface area contributed by atoms with Gasteiger partial charge in [0.25, 0.3) is 0 Å². The summed E-state index contributed by atoms with van der Waals surface area (Å²) < 4.78 is 6.00. The topological polar surface area (TPSA) is 17.1 Å². The molecule has 2 rings (SSSR count). The molecule has 0 aliphatic heterocycles. The monoisotopic (exact) mass is 512 g/mol. The van der Waals surface area contributed by atoms with Gasteiger partial charge in [0.15, 0.2) is 0 Å². The van der Waals surface area contributed by atoms with Crippen molar-refractivity contribution in [2.24, 2.45) is 0 Å². The van der Waals surface area contributed by atoms with Gasteiger partial charge in [-0.25, -0.2) is 0 Å². The molecule has 0 N–H and O–H groups in total. The molecule has 0 atom stereocenters. The Balaban J connectivity index is 2.63. The van der Waals surface area contributed by atoms with E-state index in [0.29, 0.717) is 0 Å². The molecule has 2 heteroatoms. The standard InChI is InChI=1S/C16H13O.3C4H9.Sn/c1-13(17)16-11-9-15(10-12-16)8-7-14-5-3-2-4-6-14;3*1-3-4-2;/h2-7,9-12H,1H3;3*1,3-4H2,2H3;. The van der Waals surface area contributed by atoms with E-state index in [1.165, 1.54) is 63.0 Å². The summed E-state index contributed by atoms with van der Waals surface area (Å²) in [6.07, 6.45) is 10.4. The van der Waals surface area contributed by atoms with Gasteiger partial charge in [-0.3, -0.25) is 0 Å². The fraction of sp³-hybridized carbons (Fsp3) is 0.464. The number of carbonyl (C=O) groups excluding carboxylic acids is 1. The van der Waals surface area contributed by atoms with Crippen LogP contribution >= 0.6 is 0 Å². The fourth-order valence-electron chi connectivity index (χ4n) is 4.47. The number of carbonyl (C=O) groups is 1. The summed E-state index contributed by atoms with van der Waals surface area (Å²) >= 11 is -2.64. The average molecular weight is 511 g/mol. The zero-order chi connectivity index (χ0) is 21.8. The van der Waals surface area contributed by atoms with Crippen molar-refractivity contribution in [1.82, 2.24) is 0 Å². The van der Waals surface area contributed by atoms with E-state index in [-0.39, 0.29) is 5.78 Å². The molecule has 162 valence electrons. The van der Waals surface area contributed by atoms with Crippen LogP contribution in [0.1, 0.15) is 87.7 Å². The summed E-state index contributed by atoms with van der Waals surface area (Å²) in [5, 5.41) is 0. The van der Waals surface area contributed by atoms with Gasteiger partial charge in [0.2, 0.25) is 0 Å². The SMILES string of the molecule is CCC[CH2][Sn]([CH2]CCC)([CH2]CCC)/[C](=C/c1ccccc1)c1ccc(C(C)=O)cc1. The molecular formula is C28H40OSn. The number of Topliss-reactive ketones (excluding diaryl/α,β-unsaturated/α-hetero) is 1. The van der Waals surface area contributed by atoms with Gasteiger partial charge in [-0.2, -0.15) is 0 Å². The van der Waals surface area contributed by atoms with Crippen LogP contribution in [-0.4, -0.2) is 24.2 Å². The molecule has 0 radical (unpaired) electrons. The molecule has 0 saturated carbocycles. The summed E-state index contributed by atoms with van der Waals surface area (Å²) in [7, 11) is 0.